The smallest absolute Gasteiger partial charge is 0.141 e. The Morgan fingerprint density at radius 1 is 1.47 bits per heavy atom. The molecule has 0 bridgehead atoms. The van der Waals surface area contributed by atoms with Crippen LogP contribution in [-0.2, 0) is 6.54 Å². The second-order valence-corrected chi connectivity index (χ2v) is 5.55. The minimum Gasteiger partial charge on any atom is -0.329 e. The Morgan fingerprint density at radius 2 is 2.21 bits per heavy atom. The Bertz CT molecular complexity index is 414. The summed E-state index contributed by atoms with van der Waals surface area (Å²) in [4.78, 5) is 2.39. The van der Waals surface area contributed by atoms with E-state index in [9.17, 15) is 4.39 Å². The lowest BCUT2D eigenvalue weighted by Gasteiger charge is -2.39. The van der Waals surface area contributed by atoms with E-state index in [0.29, 0.717) is 18.5 Å². The second kappa shape index (κ2) is 7.44. The molecular formula is C14H21Cl2FN2. The van der Waals surface area contributed by atoms with Crippen LogP contribution in [0, 0.1) is 11.7 Å². The lowest BCUT2D eigenvalue weighted by molar-refractivity contribution is 0.0990. The van der Waals surface area contributed by atoms with Gasteiger partial charge in [0, 0.05) is 19.1 Å². The highest BCUT2D eigenvalue weighted by Gasteiger charge is 2.27. The first-order valence-electron chi connectivity index (χ1n) is 6.50. The highest BCUT2D eigenvalue weighted by atomic mass is 35.5. The molecule has 0 aliphatic carbocycles. The highest BCUT2D eigenvalue weighted by Crippen LogP contribution is 2.25. The largest absolute Gasteiger partial charge is 0.329 e. The predicted molar refractivity (Wildman–Crippen MR) is 80.3 cm³/mol. The van der Waals surface area contributed by atoms with Crippen LogP contribution in [0.3, 0.4) is 0 Å². The van der Waals surface area contributed by atoms with Gasteiger partial charge in [-0.1, -0.05) is 24.6 Å². The number of likely N-dealkylation sites (tertiary alicyclic amines) is 1. The third kappa shape index (κ3) is 4.06. The molecule has 108 valence electrons. The van der Waals surface area contributed by atoms with Crippen LogP contribution in [-0.4, -0.2) is 24.0 Å². The highest BCUT2D eigenvalue weighted by molar-refractivity contribution is 6.30. The van der Waals surface area contributed by atoms with Gasteiger partial charge >= 0.3 is 0 Å². The van der Waals surface area contributed by atoms with E-state index in [1.54, 1.807) is 12.1 Å². The maximum Gasteiger partial charge on any atom is 0.141 e. The Hall–Kier alpha value is -0.350. The minimum absolute atomic E-state index is 0. The predicted octanol–water partition coefficient (Wildman–Crippen LogP) is 3.46. The van der Waals surface area contributed by atoms with E-state index in [1.807, 2.05) is 0 Å². The van der Waals surface area contributed by atoms with Gasteiger partial charge in [-0.2, -0.15) is 0 Å². The molecule has 0 aromatic heterocycles. The number of rotatable bonds is 3. The topological polar surface area (TPSA) is 29.3 Å². The maximum absolute atomic E-state index is 13.1. The molecule has 0 radical (unpaired) electrons. The fourth-order valence-corrected chi connectivity index (χ4v) is 2.99. The van der Waals surface area contributed by atoms with Crippen LogP contribution in [0.1, 0.15) is 25.3 Å². The summed E-state index contributed by atoms with van der Waals surface area (Å²) >= 11 is 5.81. The zero-order valence-corrected chi connectivity index (χ0v) is 12.7. The molecule has 1 heterocycles. The van der Waals surface area contributed by atoms with Crippen LogP contribution in [0.4, 0.5) is 4.39 Å². The first kappa shape index (κ1) is 16.7. The van der Waals surface area contributed by atoms with Crippen molar-refractivity contribution in [1.82, 2.24) is 4.90 Å². The fourth-order valence-electron chi connectivity index (χ4n) is 2.78. The number of nitrogens with two attached hydrogens (primary N) is 1. The van der Waals surface area contributed by atoms with Crippen LogP contribution in [0.2, 0.25) is 5.02 Å². The molecule has 1 aliphatic heterocycles. The summed E-state index contributed by atoms with van der Waals surface area (Å²) in [5.41, 5.74) is 6.91. The van der Waals surface area contributed by atoms with E-state index in [1.165, 1.54) is 18.9 Å². The first-order valence-corrected chi connectivity index (χ1v) is 6.87. The van der Waals surface area contributed by atoms with Crippen LogP contribution < -0.4 is 5.73 Å². The molecule has 1 aromatic rings. The number of hydrogen-bond acceptors (Lipinski definition) is 2. The molecule has 2 atom stereocenters. The summed E-state index contributed by atoms with van der Waals surface area (Å²) in [6.45, 7) is 4.78. The van der Waals surface area contributed by atoms with Crippen LogP contribution in [0.5, 0.6) is 0 Å². The molecule has 2 rings (SSSR count). The third-order valence-corrected chi connectivity index (χ3v) is 4.13. The van der Waals surface area contributed by atoms with Gasteiger partial charge in [0.15, 0.2) is 0 Å². The van der Waals surface area contributed by atoms with Crippen molar-refractivity contribution >= 4 is 24.0 Å². The molecule has 1 aromatic carbocycles. The molecular weight excluding hydrogens is 286 g/mol. The molecule has 5 heteroatoms. The Morgan fingerprint density at radius 3 is 2.84 bits per heavy atom. The minimum atomic E-state index is -0.359. The fraction of sp³-hybridized carbons (Fsp3) is 0.571. The average molecular weight is 307 g/mol. The summed E-state index contributed by atoms with van der Waals surface area (Å²) in [6.07, 6.45) is 2.44. The summed E-state index contributed by atoms with van der Waals surface area (Å²) in [7, 11) is 0. The van der Waals surface area contributed by atoms with Gasteiger partial charge in [0.25, 0.3) is 0 Å². The average Bonchev–Trinajstić information content (AvgIpc) is 2.34. The number of hydrogen-bond donors (Lipinski definition) is 1. The van der Waals surface area contributed by atoms with E-state index in [2.05, 4.69) is 11.8 Å². The van der Waals surface area contributed by atoms with E-state index in [0.717, 1.165) is 18.7 Å². The van der Waals surface area contributed by atoms with Gasteiger partial charge in [0.1, 0.15) is 5.82 Å². The molecule has 0 amide bonds. The van der Waals surface area contributed by atoms with Gasteiger partial charge in [-0.3, -0.25) is 4.90 Å². The summed E-state index contributed by atoms with van der Waals surface area (Å²) in [5, 5.41) is 0.196. The standard InChI is InChI=1S/C14H20ClFN2.ClH/c1-10-3-2-6-18(14(10)8-17)9-11-4-5-13(16)12(15)7-11;/h4-5,7,10,14H,2-3,6,8-9,17H2,1H3;1H. The van der Waals surface area contributed by atoms with Crippen molar-refractivity contribution in [2.75, 3.05) is 13.1 Å². The SMILES string of the molecule is CC1CCCN(Cc2ccc(F)c(Cl)c2)C1CN.Cl. The normalized spacial score (nSPS) is 24.0. The van der Waals surface area contributed by atoms with Crippen molar-refractivity contribution in [3.8, 4) is 0 Å². The number of benzene rings is 1. The Kier molecular flexibility index (Phi) is 6.54. The molecule has 2 unspecified atom stereocenters. The molecule has 0 saturated carbocycles. The molecule has 2 nitrogen and oxygen atoms in total. The molecule has 19 heavy (non-hydrogen) atoms. The van der Waals surface area contributed by atoms with E-state index in [4.69, 9.17) is 17.3 Å². The third-order valence-electron chi connectivity index (χ3n) is 3.84. The van der Waals surface area contributed by atoms with Crippen LogP contribution >= 0.6 is 24.0 Å². The van der Waals surface area contributed by atoms with Gasteiger partial charge < -0.3 is 5.73 Å². The number of halogens is 3. The summed E-state index contributed by atoms with van der Waals surface area (Å²) < 4.78 is 13.1. The van der Waals surface area contributed by atoms with Gasteiger partial charge in [-0.15, -0.1) is 12.4 Å². The monoisotopic (exact) mass is 306 g/mol. The van der Waals surface area contributed by atoms with Gasteiger partial charge in [-0.25, -0.2) is 4.39 Å². The summed E-state index contributed by atoms with van der Waals surface area (Å²) in [6, 6.07) is 5.36. The summed E-state index contributed by atoms with van der Waals surface area (Å²) in [5.74, 6) is 0.266. The maximum atomic E-state index is 13.1. The molecule has 1 fully saturated rings. The van der Waals surface area contributed by atoms with E-state index < -0.39 is 0 Å². The molecule has 2 N–H and O–H groups in total. The van der Waals surface area contributed by atoms with Crippen molar-refractivity contribution in [2.45, 2.75) is 32.4 Å². The van der Waals surface area contributed by atoms with Crippen molar-refractivity contribution in [2.24, 2.45) is 11.7 Å². The quantitative estimate of drug-likeness (QED) is 0.926. The molecule has 1 aliphatic rings. The lowest BCUT2D eigenvalue weighted by atomic mass is 9.90. The molecule has 1 saturated heterocycles. The van der Waals surface area contributed by atoms with E-state index in [-0.39, 0.29) is 23.2 Å². The van der Waals surface area contributed by atoms with Gasteiger partial charge in [0.05, 0.1) is 5.02 Å². The van der Waals surface area contributed by atoms with Gasteiger partial charge in [0.2, 0.25) is 0 Å². The number of piperidine rings is 1. The van der Waals surface area contributed by atoms with E-state index >= 15 is 0 Å². The van der Waals surface area contributed by atoms with Crippen molar-refractivity contribution < 1.29 is 4.39 Å². The zero-order valence-electron chi connectivity index (χ0n) is 11.1. The van der Waals surface area contributed by atoms with Crippen LogP contribution in [0.15, 0.2) is 18.2 Å². The second-order valence-electron chi connectivity index (χ2n) is 5.14. The molecule has 0 spiro atoms. The van der Waals surface area contributed by atoms with Crippen molar-refractivity contribution in [3.63, 3.8) is 0 Å². The Labute approximate surface area is 125 Å². The van der Waals surface area contributed by atoms with Crippen molar-refractivity contribution in [3.05, 3.63) is 34.6 Å². The zero-order chi connectivity index (χ0) is 13.1. The van der Waals surface area contributed by atoms with Gasteiger partial charge in [-0.05, 0) is 43.0 Å². The Balaban J connectivity index is 0.00000180. The van der Waals surface area contributed by atoms with Crippen molar-refractivity contribution in [1.29, 1.82) is 0 Å². The number of nitrogens with zero attached hydrogens (tertiary/aromatic N) is 1. The lowest BCUT2D eigenvalue weighted by Crippen LogP contribution is -2.47. The first-order chi connectivity index (χ1) is 8.61. The van der Waals surface area contributed by atoms with Crippen LogP contribution in [0.25, 0.3) is 0 Å².